The Morgan fingerprint density at radius 1 is 1.22 bits per heavy atom. The van der Waals surface area contributed by atoms with E-state index in [0.29, 0.717) is 17.4 Å². The van der Waals surface area contributed by atoms with Gasteiger partial charge in [-0.05, 0) is 18.1 Å². The summed E-state index contributed by atoms with van der Waals surface area (Å²) in [6.07, 6.45) is 0. The number of hydrogen-bond acceptors (Lipinski definition) is 3. The molecule has 4 heteroatoms. The van der Waals surface area contributed by atoms with E-state index in [1.807, 2.05) is 13.8 Å². The van der Waals surface area contributed by atoms with Crippen LogP contribution in [0.1, 0.15) is 13.8 Å². The molecule has 1 aromatic carbocycles. The highest BCUT2D eigenvalue weighted by atomic mass is 16.3. The van der Waals surface area contributed by atoms with Gasteiger partial charge in [0.2, 0.25) is 0 Å². The monoisotopic (exact) mass is 245 g/mol. The summed E-state index contributed by atoms with van der Waals surface area (Å²) in [6, 6.07) is 7.88. The van der Waals surface area contributed by atoms with E-state index >= 15 is 0 Å². The first-order valence-corrected chi connectivity index (χ1v) is 5.86. The zero-order valence-corrected chi connectivity index (χ0v) is 10.4. The first-order valence-electron chi connectivity index (χ1n) is 5.86. The Bertz CT molecular complexity index is 701. The van der Waals surface area contributed by atoms with Crippen molar-refractivity contribution < 1.29 is 5.11 Å². The number of aromatic nitrogens is 1. The van der Waals surface area contributed by atoms with Gasteiger partial charge in [0.15, 0.2) is 11.2 Å². The van der Waals surface area contributed by atoms with Crippen LogP contribution in [0.5, 0.6) is 5.75 Å². The fourth-order valence-corrected chi connectivity index (χ4v) is 1.98. The minimum atomic E-state index is -0.526. The van der Waals surface area contributed by atoms with Crippen molar-refractivity contribution in [2.75, 3.05) is 0 Å². The van der Waals surface area contributed by atoms with Crippen LogP contribution in [-0.2, 0) is 6.54 Å². The van der Waals surface area contributed by atoms with Gasteiger partial charge in [-0.2, -0.15) is 0 Å². The fraction of sp³-hybridized carbons (Fsp3) is 0.286. The molecule has 2 aromatic rings. The van der Waals surface area contributed by atoms with E-state index in [1.54, 1.807) is 24.3 Å². The minimum Gasteiger partial charge on any atom is -0.503 e. The largest absolute Gasteiger partial charge is 0.503 e. The Kier molecular flexibility index (Phi) is 3.19. The fourth-order valence-electron chi connectivity index (χ4n) is 1.98. The lowest BCUT2D eigenvalue weighted by molar-refractivity contribution is 0.451. The highest BCUT2D eigenvalue weighted by molar-refractivity contribution is 5.78. The van der Waals surface area contributed by atoms with Gasteiger partial charge in [-0.1, -0.05) is 26.0 Å². The lowest BCUT2D eigenvalue weighted by Gasteiger charge is -2.09. The van der Waals surface area contributed by atoms with Gasteiger partial charge < -0.3 is 9.67 Å². The number of benzene rings is 1. The molecule has 0 spiro atoms. The lowest BCUT2D eigenvalue weighted by atomic mass is 10.2. The third kappa shape index (κ3) is 2.14. The highest BCUT2D eigenvalue weighted by Gasteiger charge is 2.09. The predicted molar refractivity (Wildman–Crippen MR) is 71.0 cm³/mol. The maximum atomic E-state index is 12.0. The molecule has 1 heterocycles. The van der Waals surface area contributed by atoms with Gasteiger partial charge in [0.05, 0.1) is 5.52 Å². The van der Waals surface area contributed by atoms with Gasteiger partial charge in [-0.25, -0.2) is 0 Å². The van der Waals surface area contributed by atoms with Crippen molar-refractivity contribution in [2.45, 2.75) is 20.4 Å². The van der Waals surface area contributed by atoms with Crippen molar-refractivity contribution >= 4 is 10.9 Å². The molecule has 0 fully saturated rings. The minimum absolute atomic E-state index is 0.239. The molecule has 1 N–H and O–H groups in total. The zero-order chi connectivity index (χ0) is 13.3. The van der Waals surface area contributed by atoms with Crippen LogP contribution >= 0.6 is 0 Å². The Balaban J connectivity index is 2.99. The van der Waals surface area contributed by atoms with E-state index in [0.717, 1.165) is 6.07 Å². The summed E-state index contributed by atoms with van der Waals surface area (Å²) in [5.41, 5.74) is -0.314. The molecule has 0 amide bonds. The van der Waals surface area contributed by atoms with Crippen LogP contribution in [0.2, 0.25) is 0 Å². The summed E-state index contributed by atoms with van der Waals surface area (Å²) in [7, 11) is 0. The van der Waals surface area contributed by atoms with E-state index in [-0.39, 0.29) is 11.3 Å². The average molecular weight is 245 g/mol. The summed E-state index contributed by atoms with van der Waals surface area (Å²) in [5.74, 6) is -0.264. The summed E-state index contributed by atoms with van der Waals surface area (Å²) < 4.78 is 1.46. The molecule has 0 saturated carbocycles. The maximum Gasteiger partial charge on any atom is 0.293 e. The topological polar surface area (TPSA) is 59.3 Å². The summed E-state index contributed by atoms with van der Waals surface area (Å²) in [5, 5.41) is 10.1. The van der Waals surface area contributed by atoms with E-state index < -0.39 is 11.3 Å². The van der Waals surface area contributed by atoms with Crippen molar-refractivity contribution in [3.63, 3.8) is 0 Å². The summed E-state index contributed by atoms with van der Waals surface area (Å²) >= 11 is 0. The third-order valence-electron chi connectivity index (χ3n) is 2.74. The first kappa shape index (κ1) is 12.4. The molecule has 94 valence electrons. The molecule has 4 nitrogen and oxygen atoms in total. The SMILES string of the molecule is CC(C)Cn1c(=O)c(O)cc(=O)c2ccccc21. The molecule has 18 heavy (non-hydrogen) atoms. The number of fused-ring (bicyclic) bond motifs is 1. The third-order valence-corrected chi connectivity index (χ3v) is 2.74. The van der Waals surface area contributed by atoms with Crippen molar-refractivity contribution in [3.05, 3.63) is 50.9 Å². The number of hydrogen-bond donors (Lipinski definition) is 1. The van der Waals surface area contributed by atoms with Gasteiger partial charge >= 0.3 is 0 Å². The molecule has 0 radical (unpaired) electrons. The average Bonchev–Trinajstić information content (AvgIpc) is 2.41. The smallest absolute Gasteiger partial charge is 0.293 e. The number of para-hydroxylation sites is 1. The van der Waals surface area contributed by atoms with Crippen LogP contribution in [0.4, 0.5) is 0 Å². The van der Waals surface area contributed by atoms with Crippen LogP contribution in [-0.4, -0.2) is 9.67 Å². The van der Waals surface area contributed by atoms with Gasteiger partial charge in [-0.3, -0.25) is 9.59 Å². The normalized spacial score (nSPS) is 11.1. The zero-order valence-electron chi connectivity index (χ0n) is 10.4. The molecular weight excluding hydrogens is 230 g/mol. The standard InChI is InChI=1S/C14H15NO3/c1-9(2)8-15-11-6-4-3-5-10(11)12(16)7-13(17)14(15)18/h3-7,9,17H,8H2,1-2H3. The predicted octanol–water partition coefficient (Wildman–Crippen LogP) is 1.72. The quantitative estimate of drug-likeness (QED) is 0.876. The second-order valence-electron chi connectivity index (χ2n) is 4.72. The molecule has 0 unspecified atom stereocenters. The first-order chi connectivity index (χ1) is 8.50. The molecule has 0 aliphatic heterocycles. The van der Waals surface area contributed by atoms with Gasteiger partial charge in [0.1, 0.15) is 0 Å². The van der Waals surface area contributed by atoms with E-state index in [1.165, 1.54) is 4.57 Å². The summed E-state index contributed by atoms with van der Waals surface area (Å²) in [4.78, 5) is 23.9. The number of aromatic hydroxyl groups is 1. The Morgan fingerprint density at radius 3 is 2.56 bits per heavy atom. The van der Waals surface area contributed by atoms with Crippen LogP contribution < -0.4 is 11.0 Å². The Hall–Kier alpha value is -2.10. The number of nitrogens with zero attached hydrogens (tertiary/aromatic N) is 1. The number of rotatable bonds is 2. The molecule has 0 atom stereocenters. The van der Waals surface area contributed by atoms with E-state index in [2.05, 4.69) is 0 Å². The lowest BCUT2D eigenvalue weighted by Crippen LogP contribution is -2.20. The van der Waals surface area contributed by atoms with Crippen molar-refractivity contribution in [3.8, 4) is 5.75 Å². The van der Waals surface area contributed by atoms with Crippen LogP contribution in [0.15, 0.2) is 39.9 Å². The van der Waals surface area contributed by atoms with Crippen LogP contribution in [0, 0.1) is 5.92 Å². The Morgan fingerprint density at radius 2 is 1.89 bits per heavy atom. The molecule has 0 aliphatic carbocycles. The van der Waals surface area contributed by atoms with Crippen molar-refractivity contribution in [1.29, 1.82) is 0 Å². The highest BCUT2D eigenvalue weighted by Crippen LogP contribution is 2.11. The molecule has 2 rings (SSSR count). The Labute approximate surface area is 104 Å². The molecular formula is C14H15NO3. The second kappa shape index (κ2) is 4.64. The van der Waals surface area contributed by atoms with Gasteiger partial charge in [0.25, 0.3) is 5.56 Å². The van der Waals surface area contributed by atoms with E-state index in [4.69, 9.17) is 0 Å². The van der Waals surface area contributed by atoms with Crippen LogP contribution in [0.25, 0.3) is 10.9 Å². The molecule has 1 aromatic heterocycles. The van der Waals surface area contributed by atoms with Crippen LogP contribution in [0.3, 0.4) is 0 Å². The van der Waals surface area contributed by atoms with Crippen molar-refractivity contribution in [1.82, 2.24) is 4.57 Å². The molecule has 0 saturated heterocycles. The molecule has 0 aliphatic rings. The van der Waals surface area contributed by atoms with Crippen molar-refractivity contribution in [2.24, 2.45) is 5.92 Å². The van der Waals surface area contributed by atoms with E-state index in [9.17, 15) is 14.7 Å². The van der Waals surface area contributed by atoms with Gasteiger partial charge in [0, 0.05) is 18.0 Å². The van der Waals surface area contributed by atoms with Gasteiger partial charge in [-0.15, -0.1) is 0 Å². The second-order valence-corrected chi connectivity index (χ2v) is 4.72. The maximum absolute atomic E-state index is 12.0. The molecule has 0 bridgehead atoms. The summed E-state index contributed by atoms with van der Waals surface area (Å²) in [6.45, 7) is 4.41.